The average molecular weight is 370 g/mol. The van der Waals surface area contributed by atoms with Crippen LogP contribution < -0.4 is 0 Å². The Labute approximate surface area is 160 Å². The summed E-state index contributed by atoms with van der Waals surface area (Å²) in [6.45, 7) is 14.1. The molecule has 1 saturated heterocycles. The van der Waals surface area contributed by atoms with Crippen molar-refractivity contribution in [1.29, 1.82) is 0 Å². The molecule has 2 rings (SSSR count). The van der Waals surface area contributed by atoms with E-state index in [1.165, 1.54) is 12.8 Å². The first-order chi connectivity index (χ1) is 12.3. The lowest BCUT2D eigenvalue weighted by Gasteiger charge is -2.41. The van der Waals surface area contributed by atoms with E-state index in [4.69, 9.17) is 18.9 Å². The van der Waals surface area contributed by atoms with Crippen LogP contribution in [0.15, 0.2) is 12.7 Å². The Morgan fingerprint density at radius 1 is 1.23 bits per heavy atom. The van der Waals surface area contributed by atoms with Crippen molar-refractivity contribution in [1.82, 2.24) is 4.90 Å². The van der Waals surface area contributed by atoms with Crippen molar-refractivity contribution >= 4 is 0 Å². The summed E-state index contributed by atoms with van der Waals surface area (Å²) in [5.74, 6) is 0.444. The van der Waals surface area contributed by atoms with Gasteiger partial charge in [0.25, 0.3) is 0 Å². The molecule has 1 aliphatic carbocycles. The van der Waals surface area contributed by atoms with Crippen molar-refractivity contribution in [3.05, 3.63) is 12.7 Å². The topological polar surface area (TPSA) is 40.2 Å². The SMILES string of the molecule is C=CCN(CCC1COC2(CCC(C(C)(C)C)CC2)O1)CC(OC)OC. The third-order valence-electron chi connectivity index (χ3n) is 5.97. The van der Waals surface area contributed by atoms with E-state index in [1.807, 2.05) is 6.08 Å². The molecule has 0 N–H and O–H groups in total. The van der Waals surface area contributed by atoms with Gasteiger partial charge in [0.1, 0.15) is 0 Å². The fourth-order valence-corrected chi connectivity index (χ4v) is 4.17. The molecule has 5 nitrogen and oxygen atoms in total. The molecular formula is C21H39NO4. The lowest BCUT2D eigenvalue weighted by atomic mass is 9.71. The van der Waals surface area contributed by atoms with Gasteiger partial charge in [0.05, 0.1) is 12.7 Å². The predicted molar refractivity (Wildman–Crippen MR) is 104 cm³/mol. The third kappa shape index (κ3) is 6.03. The summed E-state index contributed by atoms with van der Waals surface area (Å²) >= 11 is 0. The Hall–Kier alpha value is -0.460. The van der Waals surface area contributed by atoms with Crippen LogP contribution in [0.25, 0.3) is 0 Å². The molecule has 152 valence electrons. The highest BCUT2D eigenvalue weighted by Gasteiger charge is 2.45. The average Bonchev–Trinajstić information content (AvgIpc) is 2.99. The molecule has 1 unspecified atom stereocenters. The molecule has 0 bridgehead atoms. The first-order valence-electron chi connectivity index (χ1n) is 10.0. The second kappa shape index (κ2) is 9.65. The highest BCUT2D eigenvalue weighted by atomic mass is 16.7. The van der Waals surface area contributed by atoms with Gasteiger partial charge in [0.15, 0.2) is 12.1 Å². The Kier molecular flexibility index (Phi) is 8.10. The summed E-state index contributed by atoms with van der Waals surface area (Å²) in [5.41, 5.74) is 0.379. The van der Waals surface area contributed by atoms with Crippen LogP contribution in [0.3, 0.4) is 0 Å². The lowest BCUT2D eigenvalue weighted by molar-refractivity contribution is -0.197. The standard InChI is InChI=1S/C21H39NO4/c1-7-13-22(15-19(23-5)24-6)14-10-18-16-25-21(26-18)11-8-17(9-12-21)20(2,3)4/h7,17-19H,1,8-16H2,2-6H3. The maximum Gasteiger partial charge on any atom is 0.169 e. The highest BCUT2D eigenvalue weighted by molar-refractivity contribution is 4.89. The molecule has 1 heterocycles. The summed E-state index contributed by atoms with van der Waals surface area (Å²) in [6, 6.07) is 0. The van der Waals surface area contributed by atoms with Gasteiger partial charge in [-0.25, -0.2) is 0 Å². The maximum atomic E-state index is 6.40. The number of methoxy groups -OCH3 is 2. The van der Waals surface area contributed by atoms with Crippen LogP contribution in [-0.4, -0.2) is 63.5 Å². The molecule has 0 aromatic carbocycles. The first kappa shape index (κ1) is 21.8. The van der Waals surface area contributed by atoms with Crippen molar-refractivity contribution in [3.63, 3.8) is 0 Å². The molecule has 1 spiro atoms. The van der Waals surface area contributed by atoms with Crippen LogP contribution in [0.5, 0.6) is 0 Å². The molecule has 2 aliphatic rings. The quantitative estimate of drug-likeness (QED) is 0.456. The molecule has 2 fully saturated rings. The van der Waals surface area contributed by atoms with E-state index in [-0.39, 0.29) is 18.2 Å². The summed E-state index contributed by atoms with van der Waals surface area (Å²) < 4.78 is 23.2. The number of hydrogen-bond acceptors (Lipinski definition) is 5. The van der Waals surface area contributed by atoms with Crippen LogP contribution >= 0.6 is 0 Å². The van der Waals surface area contributed by atoms with Gasteiger partial charge >= 0.3 is 0 Å². The Morgan fingerprint density at radius 3 is 2.42 bits per heavy atom. The van der Waals surface area contributed by atoms with Crippen molar-refractivity contribution < 1.29 is 18.9 Å². The van der Waals surface area contributed by atoms with Crippen LogP contribution in [0.2, 0.25) is 0 Å². The second-order valence-electron chi connectivity index (χ2n) is 8.84. The molecular weight excluding hydrogens is 330 g/mol. The summed E-state index contributed by atoms with van der Waals surface area (Å²) in [7, 11) is 3.34. The van der Waals surface area contributed by atoms with Crippen LogP contribution in [0.4, 0.5) is 0 Å². The monoisotopic (exact) mass is 369 g/mol. The minimum absolute atomic E-state index is 0.178. The Bertz CT molecular complexity index is 422. The molecule has 1 aliphatic heterocycles. The largest absolute Gasteiger partial charge is 0.355 e. The number of hydrogen-bond donors (Lipinski definition) is 0. The molecule has 5 heteroatoms. The number of nitrogens with zero attached hydrogens (tertiary/aromatic N) is 1. The van der Waals surface area contributed by atoms with Gasteiger partial charge in [-0.15, -0.1) is 6.58 Å². The third-order valence-corrected chi connectivity index (χ3v) is 5.97. The molecule has 1 saturated carbocycles. The van der Waals surface area contributed by atoms with E-state index in [9.17, 15) is 0 Å². The van der Waals surface area contributed by atoms with E-state index >= 15 is 0 Å². The Balaban J connectivity index is 1.78. The number of ether oxygens (including phenoxy) is 4. The van der Waals surface area contributed by atoms with Crippen LogP contribution in [0.1, 0.15) is 52.9 Å². The minimum atomic E-state index is -0.322. The van der Waals surface area contributed by atoms with Crippen molar-refractivity contribution in [2.45, 2.75) is 71.1 Å². The first-order valence-corrected chi connectivity index (χ1v) is 10.0. The fraction of sp³-hybridized carbons (Fsp3) is 0.905. The van der Waals surface area contributed by atoms with Crippen LogP contribution in [-0.2, 0) is 18.9 Å². The van der Waals surface area contributed by atoms with Crippen molar-refractivity contribution in [3.8, 4) is 0 Å². The fourth-order valence-electron chi connectivity index (χ4n) is 4.17. The maximum absolute atomic E-state index is 6.40. The zero-order valence-electron chi connectivity index (χ0n) is 17.5. The minimum Gasteiger partial charge on any atom is -0.355 e. The zero-order valence-corrected chi connectivity index (χ0v) is 17.5. The van der Waals surface area contributed by atoms with Crippen molar-refractivity contribution in [2.75, 3.05) is 40.5 Å². The van der Waals surface area contributed by atoms with E-state index in [0.29, 0.717) is 12.0 Å². The van der Waals surface area contributed by atoms with E-state index < -0.39 is 0 Å². The lowest BCUT2D eigenvalue weighted by Crippen LogP contribution is -2.39. The van der Waals surface area contributed by atoms with Gasteiger partial charge in [0.2, 0.25) is 0 Å². The van der Waals surface area contributed by atoms with Gasteiger partial charge in [0, 0.05) is 46.7 Å². The molecule has 1 atom stereocenters. The van der Waals surface area contributed by atoms with E-state index in [0.717, 1.165) is 44.8 Å². The van der Waals surface area contributed by atoms with Gasteiger partial charge in [-0.1, -0.05) is 26.8 Å². The summed E-state index contributed by atoms with van der Waals surface area (Å²) in [6.07, 6.45) is 7.28. The van der Waals surface area contributed by atoms with E-state index in [2.05, 4.69) is 32.3 Å². The summed E-state index contributed by atoms with van der Waals surface area (Å²) in [5, 5.41) is 0. The second-order valence-corrected chi connectivity index (χ2v) is 8.84. The van der Waals surface area contributed by atoms with Gasteiger partial charge in [-0.05, 0) is 30.6 Å². The molecule has 0 amide bonds. The zero-order chi connectivity index (χ0) is 19.2. The molecule has 0 aromatic heterocycles. The normalized spacial score (nSPS) is 29.8. The smallest absolute Gasteiger partial charge is 0.169 e. The molecule has 0 radical (unpaired) electrons. The molecule has 26 heavy (non-hydrogen) atoms. The predicted octanol–water partition coefficient (Wildman–Crippen LogP) is 3.83. The van der Waals surface area contributed by atoms with Gasteiger partial charge < -0.3 is 18.9 Å². The Morgan fingerprint density at radius 2 is 1.88 bits per heavy atom. The number of rotatable bonds is 9. The van der Waals surface area contributed by atoms with Crippen molar-refractivity contribution in [2.24, 2.45) is 11.3 Å². The summed E-state index contributed by atoms with van der Waals surface area (Å²) in [4.78, 5) is 2.29. The van der Waals surface area contributed by atoms with Crippen LogP contribution in [0, 0.1) is 11.3 Å². The molecule has 0 aromatic rings. The highest BCUT2D eigenvalue weighted by Crippen LogP contribution is 2.45. The van der Waals surface area contributed by atoms with E-state index in [1.54, 1.807) is 14.2 Å². The van der Waals surface area contributed by atoms with Gasteiger partial charge in [-0.3, -0.25) is 4.90 Å². The van der Waals surface area contributed by atoms with Gasteiger partial charge in [-0.2, -0.15) is 0 Å².